The van der Waals surface area contributed by atoms with Gasteiger partial charge in [-0.1, -0.05) is 69.3 Å². The summed E-state index contributed by atoms with van der Waals surface area (Å²) in [7, 11) is 2.21. The highest BCUT2D eigenvalue weighted by molar-refractivity contribution is 5.59. The summed E-state index contributed by atoms with van der Waals surface area (Å²) in [5, 5.41) is 3.55. The van der Waals surface area contributed by atoms with Crippen LogP contribution in [0.2, 0.25) is 0 Å². The summed E-state index contributed by atoms with van der Waals surface area (Å²) in [4.78, 5) is 2.42. The first-order chi connectivity index (χ1) is 11.2. The van der Waals surface area contributed by atoms with Crippen molar-refractivity contribution in [1.82, 2.24) is 4.90 Å². The van der Waals surface area contributed by atoms with Gasteiger partial charge in [0.2, 0.25) is 0 Å². The molecule has 3 rings (SSSR count). The number of anilines is 1. The molecule has 1 atom stereocenters. The fourth-order valence-electron chi connectivity index (χ4n) is 3.18. The monoisotopic (exact) mass is 310 g/mol. The molecule has 124 valence electrons. The van der Waals surface area contributed by atoms with Crippen LogP contribution in [0.5, 0.6) is 0 Å². The second-order valence-electron chi connectivity index (χ2n) is 6.43. The van der Waals surface area contributed by atoms with Crippen molar-refractivity contribution in [3.8, 4) is 0 Å². The Morgan fingerprint density at radius 2 is 1.65 bits per heavy atom. The Morgan fingerprint density at radius 3 is 2.39 bits per heavy atom. The summed E-state index contributed by atoms with van der Waals surface area (Å²) in [5.74, 6) is 0. The first kappa shape index (κ1) is 17.6. The minimum absolute atomic E-state index is 0.252. The van der Waals surface area contributed by atoms with Crippen LogP contribution >= 0.6 is 0 Å². The maximum atomic E-state index is 3.55. The number of rotatable bonds is 5. The first-order valence-electron chi connectivity index (χ1n) is 8.73. The van der Waals surface area contributed by atoms with Crippen molar-refractivity contribution in [2.24, 2.45) is 0 Å². The summed E-state index contributed by atoms with van der Waals surface area (Å²) in [6.07, 6.45) is 1.18. The third-order valence-electron chi connectivity index (χ3n) is 4.59. The van der Waals surface area contributed by atoms with Crippen LogP contribution in [0, 0.1) is 0 Å². The molecule has 23 heavy (non-hydrogen) atoms. The van der Waals surface area contributed by atoms with E-state index in [1.165, 1.54) is 23.2 Å². The third-order valence-corrected chi connectivity index (χ3v) is 4.59. The standard InChI is InChI=1S/C19H24N2.C2H6/c1-19(15-20-18-11-7-6-10-17(18)19)12-13-21(2)14-16-8-4-3-5-9-16;1-2/h3-11,20H,12-15H2,1-2H3;1-2H3. The lowest BCUT2D eigenvalue weighted by atomic mass is 9.81. The van der Waals surface area contributed by atoms with Crippen LogP contribution in [-0.4, -0.2) is 25.0 Å². The van der Waals surface area contributed by atoms with Crippen LogP contribution < -0.4 is 5.32 Å². The van der Waals surface area contributed by atoms with E-state index in [0.29, 0.717) is 0 Å². The van der Waals surface area contributed by atoms with E-state index in [0.717, 1.165) is 19.6 Å². The van der Waals surface area contributed by atoms with Gasteiger partial charge in [-0.05, 0) is 37.2 Å². The van der Waals surface area contributed by atoms with Crippen molar-refractivity contribution < 1.29 is 0 Å². The van der Waals surface area contributed by atoms with E-state index in [-0.39, 0.29) is 5.41 Å². The molecular weight excluding hydrogens is 280 g/mol. The number of fused-ring (bicyclic) bond motifs is 1. The molecule has 0 fully saturated rings. The molecule has 1 unspecified atom stereocenters. The highest BCUT2D eigenvalue weighted by atomic mass is 15.1. The summed E-state index contributed by atoms with van der Waals surface area (Å²) in [5.41, 5.74) is 4.42. The van der Waals surface area contributed by atoms with Gasteiger partial charge in [-0.2, -0.15) is 0 Å². The largest absolute Gasteiger partial charge is 0.384 e. The molecule has 2 nitrogen and oxygen atoms in total. The highest BCUT2D eigenvalue weighted by Crippen LogP contribution is 2.38. The molecule has 0 bridgehead atoms. The van der Waals surface area contributed by atoms with E-state index < -0.39 is 0 Å². The van der Waals surface area contributed by atoms with Gasteiger partial charge in [0.05, 0.1) is 0 Å². The third kappa shape index (κ3) is 4.35. The SMILES string of the molecule is CC.CN(CCC1(C)CNc2ccccc21)Cc1ccccc1. The highest BCUT2D eigenvalue weighted by Gasteiger charge is 2.33. The Hall–Kier alpha value is -1.80. The molecule has 0 saturated heterocycles. The van der Waals surface area contributed by atoms with Gasteiger partial charge in [-0.15, -0.1) is 0 Å². The van der Waals surface area contributed by atoms with E-state index >= 15 is 0 Å². The van der Waals surface area contributed by atoms with E-state index in [9.17, 15) is 0 Å². The van der Waals surface area contributed by atoms with Gasteiger partial charge in [-0.3, -0.25) is 0 Å². The number of hydrogen-bond donors (Lipinski definition) is 1. The fraction of sp³-hybridized carbons (Fsp3) is 0.429. The lowest BCUT2D eigenvalue weighted by Gasteiger charge is -2.27. The number of hydrogen-bond acceptors (Lipinski definition) is 2. The molecule has 0 saturated carbocycles. The lowest BCUT2D eigenvalue weighted by Crippen LogP contribution is -2.30. The first-order valence-corrected chi connectivity index (χ1v) is 8.73. The topological polar surface area (TPSA) is 15.3 Å². The summed E-state index contributed by atoms with van der Waals surface area (Å²) in [6, 6.07) is 19.4. The van der Waals surface area contributed by atoms with Crippen molar-refractivity contribution in [3.63, 3.8) is 0 Å². The summed E-state index contributed by atoms with van der Waals surface area (Å²) < 4.78 is 0. The Balaban J connectivity index is 0.000000924. The maximum absolute atomic E-state index is 3.55. The average molecular weight is 310 g/mol. The Bertz CT molecular complexity index is 594. The molecule has 0 aromatic heterocycles. The zero-order valence-corrected chi connectivity index (χ0v) is 15.0. The van der Waals surface area contributed by atoms with Crippen LogP contribution in [0.25, 0.3) is 0 Å². The number of nitrogens with zero attached hydrogens (tertiary/aromatic N) is 1. The second kappa shape index (κ2) is 8.16. The van der Waals surface area contributed by atoms with Gasteiger partial charge < -0.3 is 10.2 Å². The number of para-hydroxylation sites is 1. The Morgan fingerprint density at radius 1 is 1.00 bits per heavy atom. The van der Waals surface area contributed by atoms with Gasteiger partial charge in [0.15, 0.2) is 0 Å². The van der Waals surface area contributed by atoms with Crippen molar-refractivity contribution in [3.05, 3.63) is 65.7 Å². The van der Waals surface area contributed by atoms with Crippen molar-refractivity contribution >= 4 is 5.69 Å². The fourth-order valence-corrected chi connectivity index (χ4v) is 3.18. The van der Waals surface area contributed by atoms with Crippen LogP contribution in [0.4, 0.5) is 5.69 Å². The number of nitrogens with one attached hydrogen (secondary N) is 1. The molecular formula is C21H30N2. The molecule has 0 aliphatic carbocycles. The normalized spacial score (nSPS) is 18.8. The summed E-state index contributed by atoms with van der Waals surface area (Å²) in [6.45, 7) is 9.56. The van der Waals surface area contributed by atoms with Gasteiger partial charge in [0.1, 0.15) is 0 Å². The van der Waals surface area contributed by atoms with E-state index in [2.05, 4.69) is 78.8 Å². The van der Waals surface area contributed by atoms with Crippen LogP contribution in [0.1, 0.15) is 38.3 Å². The summed E-state index contributed by atoms with van der Waals surface area (Å²) >= 11 is 0. The van der Waals surface area contributed by atoms with Gasteiger partial charge in [0, 0.05) is 24.2 Å². The molecule has 1 heterocycles. The molecule has 2 aromatic carbocycles. The quantitative estimate of drug-likeness (QED) is 0.843. The molecule has 1 aliphatic heterocycles. The predicted molar refractivity (Wildman–Crippen MR) is 101 cm³/mol. The zero-order valence-electron chi connectivity index (χ0n) is 15.0. The lowest BCUT2D eigenvalue weighted by molar-refractivity contribution is 0.288. The molecule has 0 spiro atoms. The zero-order chi connectivity index (χ0) is 16.7. The maximum Gasteiger partial charge on any atom is 0.0379 e. The minimum Gasteiger partial charge on any atom is -0.384 e. The van der Waals surface area contributed by atoms with Crippen molar-refractivity contribution in [2.45, 2.75) is 39.2 Å². The minimum atomic E-state index is 0.252. The molecule has 1 N–H and O–H groups in total. The molecule has 1 aliphatic rings. The smallest absolute Gasteiger partial charge is 0.0379 e. The Labute approximate surface area is 141 Å². The van der Waals surface area contributed by atoms with Crippen LogP contribution in [-0.2, 0) is 12.0 Å². The molecule has 0 radical (unpaired) electrons. The average Bonchev–Trinajstić information content (AvgIpc) is 2.94. The second-order valence-corrected chi connectivity index (χ2v) is 6.43. The van der Waals surface area contributed by atoms with Gasteiger partial charge in [0.25, 0.3) is 0 Å². The number of benzene rings is 2. The van der Waals surface area contributed by atoms with Gasteiger partial charge >= 0.3 is 0 Å². The van der Waals surface area contributed by atoms with Crippen LogP contribution in [0.15, 0.2) is 54.6 Å². The van der Waals surface area contributed by atoms with E-state index in [1.807, 2.05) is 13.8 Å². The van der Waals surface area contributed by atoms with Crippen LogP contribution in [0.3, 0.4) is 0 Å². The predicted octanol–water partition coefficient (Wildman–Crippen LogP) is 4.92. The molecule has 2 aromatic rings. The molecule has 2 heteroatoms. The molecule has 0 amide bonds. The Kier molecular flexibility index (Phi) is 6.23. The van der Waals surface area contributed by atoms with E-state index in [4.69, 9.17) is 0 Å². The van der Waals surface area contributed by atoms with Crippen molar-refractivity contribution in [2.75, 3.05) is 25.5 Å². The van der Waals surface area contributed by atoms with Gasteiger partial charge in [-0.25, -0.2) is 0 Å². The van der Waals surface area contributed by atoms with Crippen molar-refractivity contribution in [1.29, 1.82) is 0 Å². The van der Waals surface area contributed by atoms with E-state index in [1.54, 1.807) is 0 Å².